The van der Waals surface area contributed by atoms with Gasteiger partial charge >= 0.3 is 0 Å². The first-order valence-corrected chi connectivity index (χ1v) is 5.62. The van der Waals surface area contributed by atoms with Gasteiger partial charge in [-0.2, -0.15) is 0 Å². The Morgan fingerprint density at radius 3 is 2.79 bits per heavy atom. The zero-order valence-electron chi connectivity index (χ0n) is 8.12. The average Bonchev–Trinajstić information content (AvgIpc) is 2.15. The molecular weight excluding hydrogens is 242 g/mol. The fraction of sp³-hybridized carbons (Fsp3) is 0.455. The molecule has 1 aromatic rings. The van der Waals surface area contributed by atoms with Gasteiger partial charge in [0.05, 0.1) is 0 Å². The van der Waals surface area contributed by atoms with E-state index in [1.54, 1.807) is 0 Å². The summed E-state index contributed by atoms with van der Waals surface area (Å²) in [5.41, 5.74) is 7.08. The van der Waals surface area contributed by atoms with Crippen LogP contribution < -0.4 is 5.73 Å². The maximum absolute atomic E-state index is 8.69. The number of aryl methyl sites for hydroxylation is 1. The lowest BCUT2D eigenvalue weighted by molar-refractivity contribution is 0.273. The summed E-state index contributed by atoms with van der Waals surface area (Å²) in [6.45, 7) is 0.180. The van der Waals surface area contributed by atoms with Crippen LogP contribution in [0.25, 0.3) is 0 Å². The van der Waals surface area contributed by atoms with Gasteiger partial charge in [-0.3, -0.25) is 0 Å². The Morgan fingerprint density at radius 2 is 2.14 bits per heavy atom. The van der Waals surface area contributed by atoms with Crippen LogP contribution in [-0.4, -0.2) is 17.8 Å². The molecule has 78 valence electrons. The number of nitrogens with two attached hydrogens (primary N) is 1. The molecule has 0 saturated heterocycles. The monoisotopic (exact) mass is 257 g/mol. The van der Waals surface area contributed by atoms with Gasteiger partial charge in [0.1, 0.15) is 0 Å². The highest BCUT2D eigenvalue weighted by molar-refractivity contribution is 9.10. The highest BCUT2D eigenvalue weighted by atomic mass is 79.9. The standard InChI is InChI=1S/C11H16BrNO/c12-10-3-1-2-9(8-10)4-5-11(13)6-7-14/h1-3,8,11,14H,4-7,13H2. The third kappa shape index (κ3) is 4.22. The fourth-order valence-corrected chi connectivity index (χ4v) is 1.80. The summed E-state index contributed by atoms with van der Waals surface area (Å²) in [6.07, 6.45) is 2.59. The lowest BCUT2D eigenvalue weighted by Crippen LogP contribution is -2.21. The fourth-order valence-electron chi connectivity index (χ4n) is 1.35. The first-order valence-electron chi connectivity index (χ1n) is 4.83. The predicted octanol–water partition coefficient (Wildman–Crippen LogP) is 2.09. The maximum atomic E-state index is 8.69. The van der Waals surface area contributed by atoms with Crippen molar-refractivity contribution in [3.8, 4) is 0 Å². The normalized spacial score (nSPS) is 12.8. The SMILES string of the molecule is NC(CCO)CCc1cccc(Br)c1. The second kappa shape index (κ2) is 6.17. The molecule has 0 aliphatic carbocycles. The minimum absolute atomic E-state index is 0.110. The Balaban J connectivity index is 2.37. The third-order valence-corrected chi connectivity index (χ3v) is 2.69. The lowest BCUT2D eigenvalue weighted by atomic mass is 10.0. The lowest BCUT2D eigenvalue weighted by Gasteiger charge is -2.09. The minimum atomic E-state index is 0.110. The van der Waals surface area contributed by atoms with Gasteiger partial charge in [0.2, 0.25) is 0 Å². The summed E-state index contributed by atoms with van der Waals surface area (Å²) < 4.78 is 1.10. The van der Waals surface area contributed by atoms with Crippen LogP contribution in [0.1, 0.15) is 18.4 Å². The van der Waals surface area contributed by atoms with Crippen LogP contribution in [0.5, 0.6) is 0 Å². The zero-order valence-corrected chi connectivity index (χ0v) is 9.70. The number of aliphatic hydroxyl groups is 1. The van der Waals surface area contributed by atoms with Gasteiger partial charge in [-0.15, -0.1) is 0 Å². The minimum Gasteiger partial charge on any atom is -0.396 e. The first-order chi connectivity index (χ1) is 6.72. The molecule has 1 rings (SSSR count). The summed E-state index contributed by atoms with van der Waals surface area (Å²) in [7, 11) is 0. The predicted molar refractivity (Wildman–Crippen MR) is 62.1 cm³/mol. The van der Waals surface area contributed by atoms with E-state index in [1.807, 2.05) is 12.1 Å². The van der Waals surface area contributed by atoms with Crippen molar-refractivity contribution < 1.29 is 5.11 Å². The molecule has 2 nitrogen and oxygen atoms in total. The molecule has 0 amide bonds. The number of aliphatic hydroxyl groups excluding tert-OH is 1. The Bertz CT molecular complexity index is 278. The van der Waals surface area contributed by atoms with Gasteiger partial charge in [-0.05, 0) is 37.0 Å². The number of hydrogen-bond donors (Lipinski definition) is 2. The van der Waals surface area contributed by atoms with Crippen LogP contribution in [0.4, 0.5) is 0 Å². The first kappa shape index (κ1) is 11.7. The van der Waals surface area contributed by atoms with Crippen LogP contribution in [-0.2, 0) is 6.42 Å². The Hall–Kier alpha value is -0.380. The highest BCUT2D eigenvalue weighted by Gasteiger charge is 2.02. The molecule has 3 N–H and O–H groups in total. The van der Waals surface area contributed by atoms with Crippen LogP contribution >= 0.6 is 15.9 Å². The summed E-state index contributed by atoms with van der Waals surface area (Å²) >= 11 is 3.43. The third-order valence-electron chi connectivity index (χ3n) is 2.19. The van der Waals surface area contributed by atoms with Crippen molar-refractivity contribution in [2.45, 2.75) is 25.3 Å². The molecule has 0 radical (unpaired) electrons. The summed E-state index contributed by atoms with van der Waals surface area (Å²) in [5, 5.41) is 8.69. The molecule has 14 heavy (non-hydrogen) atoms. The molecule has 1 unspecified atom stereocenters. The van der Waals surface area contributed by atoms with Crippen LogP contribution in [0.3, 0.4) is 0 Å². The average molecular weight is 258 g/mol. The maximum Gasteiger partial charge on any atom is 0.0445 e. The summed E-state index contributed by atoms with van der Waals surface area (Å²) in [4.78, 5) is 0. The van der Waals surface area contributed by atoms with Crippen molar-refractivity contribution in [2.75, 3.05) is 6.61 Å². The van der Waals surface area contributed by atoms with Crippen LogP contribution in [0.2, 0.25) is 0 Å². The second-order valence-electron chi connectivity index (χ2n) is 3.44. The molecule has 0 fully saturated rings. The van der Waals surface area contributed by atoms with Crippen molar-refractivity contribution >= 4 is 15.9 Å². The molecule has 0 spiro atoms. The van der Waals surface area contributed by atoms with E-state index in [0.717, 1.165) is 17.3 Å². The zero-order chi connectivity index (χ0) is 10.4. The van der Waals surface area contributed by atoms with E-state index in [0.29, 0.717) is 6.42 Å². The van der Waals surface area contributed by atoms with Crippen molar-refractivity contribution in [1.82, 2.24) is 0 Å². The van der Waals surface area contributed by atoms with Gasteiger partial charge in [0.25, 0.3) is 0 Å². The van der Waals surface area contributed by atoms with Gasteiger partial charge in [0.15, 0.2) is 0 Å². The van der Waals surface area contributed by atoms with E-state index in [-0.39, 0.29) is 12.6 Å². The Morgan fingerprint density at radius 1 is 1.36 bits per heavy atom. The van der Waals surface area contributed by atoms with E-state index >= 15 is 0 Å². The molecule has 1 aromatic carbocycles. The highest BCUT2D eigenvalue weighted by Crippen LogP contribution is 2.13. The molecule has 0 aromatic heterocycles. The van der Waals surface area contributed by atoms with E-state index < -0.39 is 0 Å². The van der Waals surface area contributed by atoms with Crippen molar-refractivity contribution in [1.29, 1.82) is 0 Å². The van der Waals surface area contributed by atoms with Gasteiger partial charge < -0.3 is 10.8 Å². The Kier molecular flexibility index (Phi) is 5.15. The molecule has 0 saturated carbocycles. The number of benzene rings is 1. The Labute approximate surface area is 93.3 Å². The van der Waals surface area contributed by atoms with E-state index in [4.69, 9.17) is 10.8 Å². The van der Waals surface area contributed by atoms with E-state index in [2.05, 4.69) is 28.1 Å². The number of hydrogen-bond acceptors (Lipinski definition) is 2. The van der Waals surface area contributed by atoms with Gasteiger partial charge in [0, 0.05) is 17.1 Å². The summed E-state index contributed by atoms with van der Waals surface area (Å²) in [6, 6.07) is 8.34. The number of halogens is 1. The van der Waals surface area contributed by atoms with E-state index in [9.17, 15) is 0 Å². The van der Waals surface area contributed by atoms with Crippen molar-refractivity contribution in [3.05, 3.63) is 34.3 Å². The largest absolute Gasteiger partial charge is 0.396 e. The number of rotatable bonds is 5. The molecule has 0 aliphatic heterocycles. The van der Waals surface area contributed by atoms with Crippen LogP contribution in [0, 0.1) is 0 Å². The van der Waals surface area contributed by atoms with Crippen LogP contribution in [0.15, 0.2) is 28.7 Å². The molecular formula is C11H16BrNO. The van der Waals surface area contributed by atoms with Gasteiger partial charge in [-0.25, -0.2) is 0 Å². The molecule has 1 atom stereocenters. The molecule has 0 aliphatic rings. The van der Waals surface area contributed by atoms with E-state index in [1.165, 1.54) is 5.56 Å². The molecule has 0 heterocycles. The second-order valence-corrected chi connectivity index (χ2v) is 4.36. The molecule has 0 bridgehead atoms. The summed E-state index contributed by atoms with van der Waals surface area (Å²) in [5.74, 6) is 0. The molecule has 3 heteroatoms. The topological polar surface area (TPSA) is 46.2 Å². The van der Waals surface area contributed by atoms with Crippen molar-refractivity contribution in [2.24, 2.45) is 5.73 Å². The van der Waals surface area contributed by atoms with Crippen molar-refractivity contribution in [3.63, 3.8) is 0 Å². The van der Waals surface area contributed by atoms with Gasteiger partial charge in [-0.1, -0.05) is 28.1 Å². The quantitative estimate of drug-likeness (QED) is 0.849. The smallest absolute Gasteiger partial charge is 0.0445 e.